The van der Waals surface area contributed by atoms with Crippen LogP contribution in [0.1, 0.15) is 112 Å². The van der Waals surface area contributed by atoms with E-state index >= 15 is 0 Å². The van der Waals surface area contributed by atoms with Crippen LogP contribution in [0.15, 0.2) is 48.5 Å². The maximum absolute atomic E-state index is 14.3. The first-order valence-corrected chi connectivity index (χ1v) is 24.6. The lowest BCUT2D eigenvalue weighted by atomic mass is 9.87. The molecule has 0 spiro atoms. The number of halogens is 6. The largest absolute Gasteiger partial charge is 0.471 e. The molecule has 2 aromatic rings. The Labute approximate surface area is 425 Å². The zero-order chi connectivity index (χ0) is 54.1. The van der Waals surface area contributed by atoms with Gasteiger partial charge in [-0.25, -0.2) is 0 Å². The number of nitrogens with zero attached hydrogens (tertiary/aromatic N) is 4. The van der Waals surface area contributed by atoms with E-state index in [0.717, 1.165) is 75.9 Å². The molecule has 2 heterocycles. The average Bonchev–Trinajstić information content (AvgIpc) is 4.08. The molecule has 8 atom stereocenters. The van der Waals surface area contributed by atoms with Crippen LogP contribution < -0.4 is 21.3 Å². The molecule has 6 rings (SSSR count). The molecular weight excluding hydrogens is 979 g/mol. The lowest BCUT2D eigenvalue weighted by Crippen LogP contribution is -2.57. The van der Waals surface area contributed by atoms with Gasteiger partial charge in [0.15, 0.2) is 0 Å². The predicted octanol–water partition coefficient (Wildman–Crippen LogP) is 3.93. The Balaban J connectivity index is 1.21. The van der Waals surface area contributed by atoms with Gasteiger partial charge in [-0.2, -0.15) is 26.3 Å². The van der Waals surface area contributed by atoms with Gasteiger partial charge >= 0.3 is 24.2 Å². The Bertz CT molecular complexity index is 2430. The molecule has 2 aliphatic carbocycles. The number of carbonyl (C=O) groups is 8. The van der Waals surface area contributed by atoms with Crippen LogP contribution >= 0.6 is 0 Å². The number of nitrogens with one attached hydrogen (secondary N) is 4. The molecule has 8 amide bonds. The number of benzene rings is 2. The minimum absolute atomic E-state index is 0.0911. The van der Waals surface area contributed by atoms with Gasteiger partial charge in [-0.3, -0.25) is 38.4 Å². The monoisotopic (exact) mass is 1040 g/mol. The summed E-state index contributed by atoms with van der Waals surface area (Å²) in [7, 11) is 1.54. The summed E-state index contributed by atoms with van der Waals surface area (Å²) in [4.78, 5) is 110. The highest BCUT2D eigenvalue weighted by Crippen LogP contribution is 2.32. The van der Waals surface area contributed by atoms with E-state index in [1.54, 1.807) is 0 Å². The van der Waals surface area contributed by atoms with Crippen molar-refractivity contribution in [2.45, 2.75) is 152 Å². The number of aryl methyl sites for hydroxylation is 2. The zero-order valence-electron chi connectivity index (χ0n) is 41.5. The Hall–Kier alpha value is -7.10. The van der Waals surface area contributed by atoms with Crippen LogP contribution in [0.3, 0.4) is 0 Å². The van der Waals surface area contributed by atoms with Crippen molar-refractivity contribution in [3.05, 3.63) is 70.8 Å². The maximum atomic E-state index is 14.3. The molecule has 2 aromatic carbocycles. The van der Waals surface area contributed by atoms with Crippen molar-refractivity contribution in [1.82, 2.24) is 40.9 Å². The smallest absolute Gasteiger partial charge is 0.347 e. The Kier molecular flexibility index (Phi) is 18.4. The first-order chi connectivity index (χ1) is 35.0. The van der Waals surface area contributed by atoms with Crippen molar-refractivity contribution < 1.29 is 64.7 Å². The van der Waals surface area contributed by atoms with Gasteiger partial charge in [0.1, 0.15) is 36.3 Å². The van der Waals surface area contributed by atoms with Gasteiger partial charge in [-0.15, -0.1) is 0 Å². The molecule has 398 valence electrons. The summed E-state index contributed by atoms with van der Waals surface area (Å²) in [6.45, 7) is 2.24. The van der Waals surface area contributed by atoms with Crippen LogP contribution in [0.4, 0.5) is 26.3 Å². The van der Waals surface area contributed by atoms with E-state index in [-0.39, 0.29) is 47.8 Å². The van der Waals surface area contributed by atoms with E-state index in [1.165, 1.54) is 9.80 Å². The van der Waals surface area contributed by atoms with Gasteiger partial charge in [0.25, 0.3) is 0 Å². The maximum Gasteiger partial charge on any atom is 0.471 e. The Morgan fingerprint density at radius 1 is 0.581 bits per heavy atom. The Morgan fingerprint density at radius 3 is 1.31 bits per heavy atom. The molecule has 0 aromatic heterocycles. The topological polar surface area (TPSA) is 198 Å². The van der Waals surface area contributed by atoms with Crippen molar-refractivity contribution >= 4 is 47.3 Å². The van der Waals surface area contributed by atoms with E-state index in [1.807, 2.05) is 48.5 Å². The molecule has 2 saturated heterocycles. The van der Waals surface area contributed by atoms with E-state index in [2.05, 4.69) is 44.9 Å². The fraction of sp³-hybridized carbons (Fsp3) is 0.538. The number of likely N-dealkylation sites (N-methyl/N-ethyl adjacent to an activating group) is 2. The Morgan fingerprint density at radius 2 is 0.946 bits per heavy atom. The second-order valence-corrected chi connectivity index (χ2v) is 19.0. The summed E-state index contributed by atoms with van der Waals surface area (Å²) >= 11 is 0. The number of carbonyl (C=O) groups excluding carboxylic acids is 8. The van der Waals surface area contributed by atoms with Crippen molar-refractivity contribution in [2.24, 2.45) is 0 Å². The second-order valence-electron chi connectivity index (χ2n) is 19.0. The van der Waals surface area contributed by atoms with E-state index in [9.17, 15) is 64.7 Å². The highest BCUT2D eigenvalue weighted by Gasteiger charge is 2.46. The zero-order valence-corrected chi connectivity index (χ0v) is 41.5. The predicted molar refractivity (Wildman–Crippen MR) is 255 cm³/mol. The number of alkyl halides is 6. The fourth-order valence-corrected chi connectivity index (χ4v) is 9.83. The normalized spacial score (nSPS) is 20.8. The lowest BCUT2D eigenvalue weighted by Gasteiger charge is -2.32. The number of hydrogen-bond donors (Lipinski definition) is 4. The second kappa shape index (κ2) is 24.3. The third kappa shape index (κ3) is 13.5. The third-order valence-corrected chi connectivity index (χ3v) is 14.2. The summed E-state index contributed by atoms with van der Waals surface area (Å²) < 4.78 is 80.0. The standard InChI is InChI=1S/C52H60F6N8O8/c1-31(63(3)49(73)51(53,54)55)43(67)61-39(47(71)65-29-15-27-41(65)45(69)59-37-25-13-19-33-17-9-11-21-35(33)37)23-7-5-6-8-24-40(62-44(68)32(2)64(4)50(74)52(56,57)58)48(72)66-30-16-28-42(66)46(70)60-38-26-14-20-34-18-10-12-22-36(34)38/h9-12,17-18,21-22,31-32,37-42H,13-16,19-20,23-30H2,1-4H3,(H,59,69)(H,60,70)(H,61,67)(H,62,68)/t31-,32-,37+,38+,39-,40?,41-,42-/m0/s1. The molecule has 2 fully saturated rings. The number of fused-ring (bicyclic) bond motifs is 2. The minimum Gasteiger partial charge on any atom is -0.347 e. The van der Waals surface area contributed by atoms with Crippen LogP contribution in [-0.2, 0) is 51.2 Å². The van der Waals surface area contributed by atoms with Gasteiger partial charge in [0, 0.05) is 40.0 Å². The van der Waals surface area contributed by atoms with Gasteiger partial charge in [0.2, 0.25) is 35.4 Å². The molecule has 0 saturated carbocycles. The molecule has 1 unspecified atom stereocenters. The molecule has 4 aliphatic rings. The summed E-state index contributed by atoms with van der Waals surface area (Å²) in [6, 6.07) is 6.19. The van der Waals surface area contributed by atoms with Crippen LogP contribution in [0.5, 0.6) is 0 Å². The summed E-state index contributed by atoms with van der Waals surface area (Å²) in [5.41, 5.74) is 4.09. The van der Waals surface area contributed by atoms with Crippen LogP contribution in [0.25, 0.3) is 0 Å². The number of rotatable bonds is 14. The molecule has 4 N–H and O–H groups in total. The average molecular weight is 1040 g/mol. The minimum atomic E-state index is -5.31. The number of likely N-dealkylation sites (tertiary alicyclic amines) is 2. The molecule has 74 heavy (non-hydrogen) atoms. The highest BCUT2D eigenvalue weighted by atomic mass is 19.4. The van der Waals surface area contributed by atoms with Gasteiger partial charge < -0.3 is 40.9 Å². The van der Waals surface area contributed by atoms with E-state index in [0.29, 0.717) is 25.7 Å². The number of hydrogen-bond acceptors (Lipinski definition) is 8. The fourth-order valence-electron chi connectivity index (χ4n) is 9.83. The van der Waals surface area contributed by atoms with E-state index in [4.69, 9.17) is 0 Å². The summed E-state index contributed by atoms with van der Waals surface area (Å²) in [5.74, 6) is 0.880. The van der Waals surface area contributed by atoms with E-state index < -0.39 is 109 Å². The lowest BCUT2D eigenvalue weighted by molar-refractivity contribution is -0.186. The highest BCUT2D eigenvalue weighted by molar-refractivity contribution is 5.96. The van der Waals surface area contributed by atoms with Crippen LogP contribution in [-0.4, -0.2) is 143 Å². The summed E-state index contributed by atoms with van der Waals surface area (Å²) in [5, 5.41) is 10.9. The van der Waals surface area contributed by atoms with Crippen molar-refractivity contribution in [2.75, 3.05) is 27.2 Å². The quantitative estimate of drug-likeness (QED) is 0.161. The van der Waals surface area contributed by atoms with Gasteiger partial charge in [-0.05, 0) is 112 Å². The van der Waals surface area contributed by atoms with Crippen molar-refractivity contribution in [3.63, 3.8) is 0 Å². The molecule has 22 heteroatoms. The van der Waals surface area contributed by atoms with Gasteiger partial charge in [0.05, 0.1) is 12.1 Å². The van der Waals surface area contributed by atoms with Gasteiger partial charge in [-0.1, -0.05) is 60.4 Å². The molecule has 2 aliphatic heterocycles. The third-order valence-electron chi connectivity index (χ3n) is 14.2. The number of amides is 8. The molecule has 0 bridgehead atoms. The molecule has 0 radical (unpaired) electrons. The first kappa shape index (κ1) is 56.2. The molecule has 16 nitrogen and oxygen atoms in total. The summed E-state index contributed by atoms with van der Waals surface area (Å²) in [6.07, 6.45) is -5.64. The van der Waals surface area contributed by atoms with Crippen molar-refractivity contribution in [1.29, 1.82) is 0 Å². The first-order valence-electron chi connectivity index (χ1n) is 24.6. The van der Waals surface area contributed by atoms with Crippen LogP contribution in [0, 0.1) is 23.7 Å². The molecular formula is C52H60F6N8O8. The SMILES string of the molecule is C[C@@H](C(=O)NC(CC#CC#CC[C@H](NC(=O)[C@H](C)N(C)C(=O)C(F)(F)F)C(=O)N1CCC[C@H]1C(=O)N[C@@H]1CCCc2ccccc21)C(=O)N1CCC[C@H]1C(=O)N[C@@H]1CCCc2ccccc21)N(C)C(=O)C(F)(F)F. The van der Waals surface area contributed by atoms with Crippen molar-refractivity contribution in [3.8, 4) is 23.7 Å². The van der Waals surface area contributed by atoms with Crippen LogP contribution in [0.2, 0.25) is 0 Å².